The minimum absolute atomic E-state index is 0.135. The molecular formula is C27H23F6N5O. The van der Waals surface area contributed by atoms with E-state index in [2.05, 4.69) is 19.9 Å². The van der Waals surface area contributed by atoms with E-state index in [9.17, 15) is 31.1 Å². The van der Waals surface area contributed by atoms with E-state index in [4.69, 9.17) is 0 Å². The lowest BCUT2D eigenvalue weighted by atomic mass is 9.75. The Bertz CT molecular complexity index is 1570. The molecule has 4 heterocycles. The maximum absolute atomic E-state index is 13.7. The number of hydrogen-bond acceptors (Lipinski definition) is 5. The van der Waals surface area contributed by atoms with Gasteiger partial charge in [-0.15, -0.1) is 0 Å². The third kappa shape index (κ3) is 5.37. The minimum atomic E-state index is -4.66. The van der Waals surface area contributed by atoms with Crippen molar-refractivity contribution in [2.75, 3.05) is 0 Å². The van der Waals surface area contributed by atoms with E-state index in [1.807, 2.05) is 0 Å². The Balaban J connectivity index is 1.51. The Morgan fingerprint density at radius 1 is 0.872 bits per heavy atom. The van der Waals surface area contributed by atoms with Gasteiger partial charge in [0.05, 0.1) is 29.1 Å². The van der Waals surface area contributed by atoms with Crippen molar-refractivity contribution in [3.8, 4) is 0 Å². The second-order valence-corrected chi connectivity index (χ2v) is 9.72. The Morgan fingerprint density at radius 2 is 1.54 bits per heavy atom. The molecule has 204 valence electrons. The number of aryl methyl sites for hydroxylation is 1. The molecule has 12 heteroatoms. The van der Waals surface area contributed by atoms with Crippen LogP contribution in [-0.2, 0) is 18.9 Å². The van der Waals surface area contributed by atoms with E-state index in [1.54, 1.807) is 13.0 Å². The van der Waals surface area contributed by atoms with E-state index in [1.165, 1.54) is 24.7 Å². The predicted octanol–water partition coefficient (Wildman–Crippen LogP) is 6.42. The maximum Gasteiger partial charge on any atom is 0.418 e. The Hall–Kier alpha value is -3.83. The van der Waals surface area contributed by atoms with Crippen molar-refractivity contribution in [2.24, 2.45) is 0 Å². The van der Waals surface area contributed by atoms with Gasteiger partial charge in [0, 0.05) is 30.4 Å². The third-order valence-corrected chi connectivity index (χ3v) is 7.21. The number of hydrogen-bond donors (Lipinski definition) is 0. The smallest absolute Gasteiger partial charge is 0.285 e. The lowest BCUT2D eigenvalue weighted by Crippen LogP contribution is -2.29. The summed E-state index contributed by atoms with van der Waals surface area (Å²) in [6.45, 7) is 1.20. The van der Waals surface area contributed by atoms with Crippen LogP contribution in [0.15, 0.2) is 53.8 Å². The van der Waals surface area contributed by atoms with Gasteiger partial charge in [-0.2, -0.15) is 26.3 Å². The first-order valence-electron chi connectivity index (χ1n) is 12.3. The highest BCUT2D eigenvalue weighted by Gasteiger charge is 2.37. The van der Waals surface area contributed by atoms with Crippen LogP contribution in [0.1, 0.15) is 71.2 Å². The summed E-state index contributed by atoms with van der Waals surface area (Å²) in [6.07, 6.45) is -2.43. The summed E-state index contributed by atoms with van der Waals surface area (Å²) >= 11 is 0. The van der Waals surface area contributed by atoms with Crippen LogP contribution in [0.25, 0.3) is 11.2 Å². The second kappa shape index (κ2) is 10.0. The van der Waals surface area contributed by atoms with E-state index in [-0.39, 0.29) is 28.7 Å². The number of rotatable bonds is 4. The van der Waals surface area contributed by atoms with Crippen LogP contribution < -0.4 is 5.56 Å². The molecule has 0 N–H and O–H groups in total. The summed E-state index contributed by atoms with van der Waals surface area (Å²) in [6, 6.07) is 4.65. The van der Waals surface area contributed by atoms with Gasteiger partial charge in [-0.1, -0.05) is 0 Å². The molecule has 0 amide bonds. The number of alkyl halides is 6. The van der Waals surface area contributed by atoms with Crippen LogP contribution in [-0.4, -0.2) is 24.5 Å². The zero-order chi connectivity index (χ0) is 27.9. The molecule has 1 fully saturated rings. The highest BCUT2D eigenvalue weighted by molar-refractivity contribution is 5.71. The molecule has 4 aromatic heterocycles. The van der Waals surface area contributed by atoms with Gasteiger partial charge in [0.1, 0.15) is 5.52 Å². The van der Waals surface area contributed by atoms with E-state index < -0.39 is 35.6 Å². The highest BCUT2D eigenvalue weighted by atomic mass is 19.4. The van der Waals surface area contributed by atoms with Crippen molar-refractivity contribution in [3.63, 3.8) is 0 Å². The lowest BCUT2D eigenvalue weighted by molar-refractivity contribution is -0.139. The number of fused-ring (bicyclic) bond motifs is 1. The summed E-state index contributed by atoms with van der Waals surface area (Å²) in [4.78, 5) is 30.2. The van der Waals surface area contributed by atoms with Gasteiger partial charge in [-0.3, -0.25) is 24.3 Å². The normalized spacial score (nSPS) is 18.4. The number of halogens is 6. The summed E-state index contributed by atoms with van der Waals surface area (Å²) in [5, 5.41) is 0. The molecule has 6 nitrogen and oxygen atoms in total. The highest BCUT2D eigenvalue weighted by Crippen LogP contribution is 2.44. The molecule has 1 saturated carbocycles. The monoisotopic (exact) mass is 547 g/mol. The van der Waals surface area contributed by atoms with Gasteiger partial charge >= 0.3 is 12.4 Å². The maximum atomic E-state index is 13.7. The molecular weight excluding hydrogens is 524 g/mol. The summed E-state index contributed by atoms with van der Waals surface area (Å²) in [5.74, 6) is -0.677. The van der Waals surface area contributed by atoms with E-state index in [0.717, 1.165) is 22.9 Å². The van der Waals surface area contributed by atoms with E-state index in [0.29, 0.717) is 42.5 Å². The minimum Gasteiger partial charge on any atom is -0.285 e. The number of pyridine rings is 3. The molecule has 0 saturated heterocycles. The topological polar surface area (TPSA) is 73.6 Å². The first kappa shape index (κ1) is 26.8. The van der Waals surface area contributed by atoms with Gasteiger partial charge in [0.2, 0.25) is 0 Å². The molecule has 0 aliphatic heterocycles. The van der Waals surface area contributed by atoms with E-state index >= 15 is 0 Å². The SMILES string of the molecule is Cc1cnc2cc([C@H]3CC[C@@H](c4cnccc4C(F)(F)F)CC3)c(=O)n(Cc3ncccc3C(F)(F)F)c2n1. The van der Waals surface area contributed by atoms with Gasteiger partial charge < -0.3 is 0 Å². The van der Waals surface area contributed by atoms with Gasteiger partial charge in [0.15, 0.2) is 5.65 Å². The number of aromatic nitrogens is 5. The molecule has 0 radical (unpaired) electrons. The Kier molecular flexibility index (Phi) is 6.90. The van der Waals surface area contributed by atoms with Crippen LogP contribution in [0.4, 0.5) is 26.3 Å². The van der Waals surface area contributed by atoms with Crippen LogP contribution in [0.5, 0.6) is 0 Å². The van der Waals surface area contributed by atoms with Crippen molar-refractivity contribution >= 4 is 11.2 Å². The van der Waals surface area contributed by atoms with Gasteiger partial charge in [-0.05, 0) is 74.3 Å². The molecule has 39 heavy (non-hydrogen) atoms. The fourth-order valence-electron chi connectivity index (χ4n) is 5.35. The van der Waals surface area contributed by atoms with Crippen molar-refractivity contribution in [1.29, 1.82) is 0 Å². The van der Waals surface area contributed by atoms with Crippen LogP contribution in [0.3, 0.4) is 0 Å². The zero-order valence-electron chi connectivity index (χ0n) is 20.7. The second-order valence-electron chi connectivity index (χ2n) is 9.72. The van der Waals surface area contributed by atoms with Gasteiger partial charge in [0.25, 0.3) is 5.56 Å². The lowest BCUT2D eigenvalue weighted by Gasteiger charge is -2.30. The molecule has 1 aliphatic rings. The largest absolute Gasteiger partial charge is 0.418 e. The quantitative estimate of drug-likeness (QED) is 0.276. The Labute approximate surface area is 218 Å². The fraction of sp³-hybridized carbons (Fsp3) is 0.370. The fourth-order valence-corrected chi connectivity index (χ4v) is 5.35. The summed E-state index contributed by atoms with van der Waals surface area (Å²) < 4.78 is 82.7. The molecule has 0 aromatic carbocycles. The standard InChI is InChI=1S/C27H23F6N5O/c1-15-12-36-22-11-18(16-4-6-17(7-5-16)19-13-34-10-8-20(19)26(28,29)30)25(39)38(24(22)37-15)14-23-21(27(31,32)33)3-2-9-35-23/h2-3,8-13,16-17H,4-7,14H2,1H3/t16-,17+. The number of nitrogens with zero attached hydrogens (tertiary/aromatic N) is 5. The molecule has 4 aromatic rings. The molecule has 0 atom stereocenters. The molecule has 0 unspecified atom stereocenters. The first-order chi connectivity index (χ1) is 18.4. The average molecular weight is 548 g/mol. The van der Waals surface area contributed by atoms with Crippen LogP contribution >= 0.6 is 0 Å². The van der Waals surface area contributed by atoms with Crippen molar-refractivity contribution < 1.29 is 26.3 Å². The summed E-state index contributed by atoms with van der Waals surface area (Å²) in [5.41, 5.74) is -1.05. The zero-order valence-corrected chi connectivity index (χ0v) is 20.7. The van der Waals surface area contributed by atoms with Crippen molar-refractivity contribution in [2.45, 2.75) is 63.3 Å². The molecule has 0 bridgehead atoms. The van der Waals surface area contributed by atoms with Crippen LogP contribution in [0, 0.1) is 6.92 Å². The average Bonchev–Trinajstić information content (AvgIpc) is 2.90. The van der Waals surface area contributed by atoms with Crippen molar-refractivity contribution in [1.82, 2.24) is 24.5 Å². The predicted molar refractivity (Wildman–Crippen MR) is 130 cm³/mol. The van der Waals surface area contributed by atoms with Crippen molar-refractivity contribution in [3.05, 3.63) is 93.0 Å². The molecule has 5 rings (SSSR count). The summed E-state index contributed by atoms with van der Waals surface area (Å²) in [7, 11) is 0. The van der Waals surface area contributed by atoms with Crippen LogP contribution in [0.2, 0.25) is 0 Å². The Morgan fingerprint density at radius 3 is 2.21 bits per heavy atom. The molecule has 1 aliphatic carbocycles. The first-order valence-corrected chi connectivity index (χ1v) is 12.3. The third-order valence-electron chi connectivity index (χ3n) is 7.21. The molecule has 0 spiro atoms. The van der Waals surface area contributed by atoms with Gasteiger partial charge in [-0.25, -0.2) is 4.98 Å².